The zero-order valence-electron chi connectivity index (χ0n) is 8.46. The minimum absolute atomic E-state index is 0.157. The smallest absolute Gasteiger partial charge is 0.123 e. The SMILES string of the molecule is Fc1cccc(CC2COCCC2Br)c1. The van der Waals surface area contributed by atoms with Crippen LogP contribution in [0.3, 0.4) is 0 Å². The highest BCUT2D eigenvalue weighted by Crippen LogP contribution is 2.25. The lowest BCUT2D eigenvalue weighted by Gasteiger charge is -2.27. The van der Waals surface area contributed by atoms with E-state index in [4.69, 9.17) is 4.74 Å². The molecule has 0 aliphatic carbocycles. The van der Waals surface area contributed by atoms with Gasteiger partial charge in [0.2, 0.25) is 0 Å². The van der Waals surface area contributed by atoms with Gasteiger partial charge in [-0.25, -0.2) is 4.39 Å². The van der Waals surface area contributed by atoms with E-state index in [9.17, 15) is 4.39 Å². The largest absolute Gasteiger partial charge is 0.381 e. The van der Waals surface area contributed by atoms with Gasteiger partial charge in [0.25, 0.3) is 0 Å². The van der Waals surface area contributed by atoms with E-state index >= 15 is 0 Å². The topological polar surface area (TPSA) is 9.23 Å². The molecule has 0 amide bonds. The average molecular weight is 273 g/mol. The molecule has 1 saturated heterocycles. The van der Waals surface area contributed by atoms with Crippen LogP contribution in [0.1, 0.15) is 12.0 Å². The molecule has 15 heavy (non-hydrogen) atoms. The molecule has 0 saturated carbocycles. The molecule has 2 rings (SSSR count). The molecule has 0 N–H and O–H groups in total. The summed E-state index contributed by atoms with van der Waals surface area (Å²) in [5, 5.41) is 0. The number of benzene rings is 1. The van der Waals surface area contributed by atoms with Gasteiger partial charge in [-0.05, 0) is 36.5 Å². The van der Waals surface area contributed by atoms with Gasteiger partial charge in [0.05, 0.1) is 6.61 Å². The Kier molecular flexibility index (Phi) is 3.76. The maximum absolute atomic E-state index is 13.0. The van der Waals surface area contributed by atoms with Crippen molar-refractivity contribution in [1.29, 1.82) is 0 Å². The van der Waals surface area contributed by atoms with Crippen LogP contribution in [0.4, 0.5) is 4.39 Å². The van der Waals surface area contributed by atoms with Crippen molar-refractivity contribution in [1.82, 2.24) is 0 Å². The van der Waals surface area contributed by atoms with Crippen LogP contribution in [0.2, 0.25) is 0 Å². The number of alkyl halides is 1. The third-order valence-corrected chi connectivity index (χ3v) is 3.97. The molecule has 0 aromatic heterocycles. The number of halogens is 2. The monoisotopic (exact) mass is 272 g/mol. The fraction of sp³-hybridized carbons (Fsp3) is 0.500. The highest BCUT2D eigenvalue weighted by Gasteiger charge is 2.23. The Bertz CT molecular complexity index is 329. The van der Waals surface area contributed by atoms with Gasteiger partial charge >= 0.3 is 0 Å². The van der Waals surface area contributed by atoms with E-state index in [0.29, 0.717) is 10.7 Å². The number of hydrogen-bond acceptors (Lipinski definition) is 1. The fourth-order valence-corrected chi connectivity index (χ4v) is 2.45. The second kappa shape index (κ2) is 5.08. The van der Waals surface area contributed by atoms with Gasteiger partial charge in [-0.1, -0.05) is 28.1 Å². The fourth-order valence-electron chi connectivity index (χ4n) is 1.92. The molecule has 82 valence electrons. The van der Waals surface area contributed by atoms with Crippen molar-refractivity contribution >= 4 is 15.9 Å². The second-order valence-corrected chi connectivity index (χ2v) is 5.15. The predicted octanol–water partition coefficient (Wildman–Crippen LogP) is 3.17. The zero-order chi connectivity index (χ0) is 10.7. The Morgan fingerprint density at radius 1 is 1.47 bits per heavy atom. The zero-order valence-corrected chi connectivity index (χ0v) is 10.0. The Hall–Kier alpha value is -0.410. The van der Waals surface area contributed by atoms with Crippen molar-refractivity contribution in [3.8, 4) is 0 Å². The third kappa shape index (κ3) is 3.02. The van der Waals surface area contributed by atoms with Gasteiger partial charge in [0.1, 0.15) is 5.82 Å². The van der Waals surface area contributed by atoms with E-state index in [0.717, 1.165) is 31.6 Å². The summed E-state index contributed by atoms with van der Waals surface area (Å²) in [4.78, 5) is 0.495. The third-order valence-electron chi connectivity index (χ3n) is 2.77. The summed E-state index contributed by atoms with van der Waals surface area (Å²) in [5.41, 5.74) is 1.05. The van der Waals surface area contributed by atoms with Crippen LogP contribution in [0.25, 0.3) is 0 Å². The molecule has 2 atom stereocenters. The normalized spacial score (nSPS) is 26.5. The van der Waals surface area contributed by atoms with E-state index in [1.807, 2.05) is 6.07 Å². The van der Waals surface area contributed by atoms with Crippen LogP contribution in [-0.2, 0) is 11.2 Å². The van der Waals surface area contributed by atoms with Crippen LogP contribution in [0.15, 0.2) is 24.3 Å². The Labute approximate surface area is 97.8 Å². The summed E-state index contributed by atoms with van der Waals surface area (Å²) in [6, 6.07) is 6.82. The number of rotatable bonds is 2. The van der Waals surface area contributed by atoms with Crippen molar-refractivity contribution in [2.24, 2.45) is 5.92 Å². The highest BCUT2D eigenvalue weighted by atomic mass is 79.9. The van der Waals surface area contributed by atoms with Crippen molar-refractivity contribution in [2.45, 2.75) is 17.7 Å². The van der Waals surface area contributed by atoms with Crippen LogP contribution in [0, 0.1) is 11.7 Å². The van der Waals surface area contributed by atoms with Crippen LogP contribution < -0.4 is 0 Å². The second-order valence-electron chi connectivity index (χ2n) is 3.97. The standard InChI is InChI=1S/C12H14BrFO/c13-12-4-5-15-8-10(12)6-9-2-1-3-11(14)7-9/h1-3,7,10,12H,4-6,8H2. The van der Waals surface area contributed by atoms with Crippen molar-refractivity contribution in [3.63, 3.8) is 0 Å². The van der Waals surface area contributed by atoms with Gasteiger partial charge in [0, 0.05) is 11.4 Å². The Morgan fingerprint density at radius 3 is 3.07 bits per heavy atom. The molecule has 2 unspecified atom stereocenters. The molecular weight excluding hydrogens is 259 g/mol. The molecule has 1 fully saturated rings. The molecule has 1 nitrogen and oxygen atoms in total. The molecule has 0 spiro atoms. The molecule has 1 aromatic rings. The summed E-state index contributed by atoms with van der Waals surface area (Å²) in [5.74, 6) is 0.302. The van der Waals surface area contributed by atoms with Gasteiger partial charge in [-0.15, -0.1) is 0 Å². The number of hydrogen-bond donors (Lipinski definition) is 0. The summed E-state index contributed by atoms with van der Waals surface area (Å²) in [6.45, 7) is 1.60. The lowest BCUT2D eigenvalue weighted by Crippen LogP contribution is -2.29. The van der Waals surface area contributed by atoms with Gasteiger partial charge in [0.15, 0.2) is 0 Å². The first kappa shape index (κ1) is 11.1. The minimum atomic E-state index is -0.157. The summed E-state index contributed by atoms with van der Waals surface area (Å²) in [6.07, 6.45) is 1.92. The molecule has 1 aromatic carbocycles. The first-order valence-electron chi connectivity index (χ1n) is 5.22. The van der Waals surface area contributed by atoms with E-state index in [2.05, 4.69) is 15.9 Å². The minimum Gasteiger partial charge on any atom is -0.381 e. The summed E-state index contributed by atoms with van der Waals surface area (Å²) >= 11 is 3.66. The average Bonchev–Trinajstić information content (AvgIpc) is 2.22. The van der Waals surface area contributed by atoms with Crippen LogP contribution in [0.5, 0.6) is 0 Å². The maximum atomic E-state index is 13.0. The van der Waals surface area contributed by atoms with E-state index in [-0.39, 0.29) is 5.82 Å². The summed E-state index contributed by atoms with van der Waals surface area (Å²) in [7, 11) is 0. The Balaban J connectivity index is 2.01. The molecule has 1 aliphatic rings. The van der Waals surface area contributed by atoms with E-state index in [1.54, 1.807) is 12.1 Å². The van der Waals surface area contributed by atoms with Crippen molar-refractivity contribution in [2.75, 3.05) is 13.2 Å². The van der Waals surface area contributed by atoms with E-state index < -0.39 is 0 Å². The quantitative estimate of drug-likeness (QED) is 0.752. The lowest BCUT2D eigenvalue weighted by atomic mass is 9.94. The number of ether oxygens (including phenoxy) is 1. The van der Waals surface area contributed by atoms with Gasteiger partial charge in [-0.2, -0.15) is 0 Å². The van der Waals surface area contributed by atoms with E-state index in [1.165, 1.54) is 6.07 Å². The Morgan fingerprint density at radius 2 is 2.33 bits per heavy atom. The van der Waals surface area contributed by atoms with Gasteiger partial charge in [-0.3, -0.25) is 0 Å². The molecule has 3 heteroatoms. The summed E-state index contributed by atoms with van der Waals surface area (Å²) < 4.78 is 18.4. The van der Waals surface area contributed by atoms with Gasteiger partial charge < -0.3 is 4.74 Å². The van der Waals surface area contributed by atoms with Crippen molar-refractivity contribution < 1.29 is 9.13 Å². The molecule has 1 heterocycles. The van der Waals surface area contributed by atoms with Crippen molar-refractivity contribution in [3.05, 3.63) is 35.6 Å². The van der Waals surface area contributed by atoms with Crippen LogP contribution >= 0.6 is 15.9 Å². The first-order chi connectivity index (χ1) is 7.25. The molecular formula is C12H14BrFO. The predicted molar refractivity (Wildman–Crippen MR) is 61.7 cm³/mol. The maximum Gasteiger partial charge on any atom is 0.123 e. The molecule has 0 radical (unpaired) electrons. The lowest BCUT2D eigenvalue weighted by molar-refractivity contribution is 0.0605. The highest BCUT2D eigenvalue weighted by molar-refractivity contribution is 9.09. The first-order valence-corrected chi connectivity index (χ1v) is 6.13. The molecule has 1 aliphatic heterocycles. The van der Waals surface area contributed by atoms with Crippen LogP contribution in [-0.4, -0.2) is 18.0 Å². The molecule has 0 bridgehead atoms.